The maximum atomic E-state index is 13.5. The molecule has 146 valence electrons. The van der Waals surface area contributed by atoms with Crippen molar-refractivity contribution in [1.29, 1.82) is 0 Å². The molecule has 5 aromatic rings. The fourth-order valence-corrected chi connectivity index (χ4v) is 4.14. The number of methoxy groups -OCH3 is 1. The van der Waals surface area contributed by atoms with E-state index >= 15 is 0 Å². The summed E-state index contributed by atoms with van der Waals surface area (Å²) in [6, 6.07) is 12.3. The third kappa shape index (κ3) is 3.06. The zero-order valence-electron chi connectivity index (χ0n) is 15.7. The van der Waals surface area contributed by atoms with Crippen molar-refractivity contribution in [2.75, 3.05) is 25.6 Å². The van der Waals surface area contributed by atoms with Gasteiger partial charge >= 0.3 is 0 Å². The van der Waals surface area contributed by atoms with Gasteiger partial charge in [-0.15, -0.1) is 11.3 Å². The highest BCUT2D eigenvalue weighted by atomic mass is 32.1. The first kappa shape index (κ1) is 17.8. The number of aromatic nitrogens is 4. The highest BCUT2D eigenvalue weighted by molar-refractivity contribution is 7.15. The lowest BCUT2D eigenvalue weighted by Crippen LogP contribution is -2.10. The van der Waals surface area contributed by atoms with E-state index in [4.69, 9.17) is 14.7 Å². The Morgan fingerprint density at radius 2 is 1.90 bits per heavy atom. The largest absolute Gasteiger partial charge is 0.383 e. The number of ether oxygens (including phenoxy) is 1. The molecule has 8 heteroatoms. The van der Waals surface area contributed by atoms with E-state index in [0.717, 1.165) is 39.1 Å². The van der Waals surface area contributed by atoms with Crippen molar-refractivity contribution in [2.24, 2.45) is 0 Å². The number of fused-ring (bicyclic) bond motifs is 2. The number of imidazole rings is 2. The van der Waals surface area contributed by atoms with E-state index in [9.17, 15) is 4.39 Å². The van der Waals surface area contributed by atoms with Gasteiger partial charge in [0, 0.05) is 37.0 Å². The Morgan fingerprint density at radius 3 is 2.72 bits per heavy atom. The molecule has 0 spiro atoms. The van der Waals surface area contributed by atoms with Crippen LogP contribution in [0.15, 0.2) is 60.2 Å². The van der Waals surface area contributed by atoms with Gasteiger partial charge in [0.2, 0.25) is 0 Å². The van der Waals surface area contributed by atoms with E-state index in [1.807, 2.05) is 44.8 Å². The van der Waals surface area contributed by atoms with Crippen LogP contribution in [0.2, 0.25) is 0 Å². The predicted molar refractivity (Wildman–Crippen MR) is 113 cm³/mol. The maximum absolute atomic E-state index is 13.5. The molecule has 0 unspecified atom stereocenters. The van der Waals surface area contributed by atoms with Crippen LogP contribution in [0.3, 0.4) is 0 Å². The van der Waals surface area contributed by atoms with Crippen LogP contribution in [0.1, 0.15) is 0 Å². The summed E-state index contributed by atoms with van der Waals surface area (Å²) in [4.78, 5) is 10.6. The lowest BCUT2D eigenvalue weighted by atomic mass is 10.1. The van der Waals surface area contributed by atoms with Gasteiger partial charge in [0.25, 0.3) is 0 Å². The molecule has 0 aliphatic carbocycles. The monoisotopic (exact) mass is 407 g/mol. The third-order valence-corrected chi connectivity index (χ3v) is 5.49. The normalized spacial score (nSPS) is 11.5. The van der Waals surface area contributed by atoms with Gasteiger partial charge in [-0.05, 0) is 36.4 Å². The van der Waals surface area contributed by atoms with E-state index in [1.165, 1.54) is 12.1 Å². The van der Waals surface area contributed by atoms with Gasteiger partial charge in [0.15, 0.2) is 4.96 Å². The minimum absolute atomic E-state index is 0.272. The average Bonchev–Trinajstić information content (AvgIpc) is 3.42. The van der Waals surface area contributed by atoms with Gasteiger partial charge < -0.3 is 10.1 Å². The lowest BCUT2D eigenvalue weighted by molar-refractivity contribution is 0.210. The van der Waals surface area contributed by atoms with E-state index < -0.39 is 0 Å². The Balaban J connectivity index is 1.76. The van der Waals surface area contributed by atoms with Crippen LogP contribution in [-0.2, 0) is 4.74 Å². The van der Waals surface area contributed by atoms with Crippen LogP contribution in [0.25, 0.3) is 33.3 Å². The molecule has 5 rings (SSSR count). The van der Waals surface area contributed by atoms with Crippen molar-refractivity contribution < 1.29 is 9.13 Å². The molecular weight excluding hydrogens is 389 g/mol. The summed E-state index contributed by atoms with van der Waals surface area (Å²) in [6.45, 7) is 1.22. The Labute approximate surface area is 170 Å². The first-order valence-corrected chi connectivity index (χ1v) is 10.1. The minimum Gasteiger partial charge on any atom is -0.383 e. The molecule has 0 amide bonds. The first-order chi connectivity index (χ1) is 14.3. The van der Waals surface area contributed by atoms with Crippen LogP contribution in [-0.4, -0.2) is 39.0 Å². The molecule has 29 heavy (non-hydrogen) atoms. The molecule has 0 aliphatic rings. The van der Waals surface area contributed by atoms with E-state index in [0.29, 0.717) is 13.2 Å². The Kier molecular flexibility index (Phi) is 4.49. The van der Waals surface area contributed by atoms with Gasteiger partial charge in [0.05, 0.1) is 12.3 Å². The Morgan fingerprint density at radius 1 is 1.03 bits per heavy atom. The third-order valence-electron chi connectivity index (χ3n) is 4.73. The molecule has 1 N–H and O–H groups in total. The number of hydrogen-bond donors (Lipinski definition) is 1. The zero-order valence-corrected chi connectivity index (χ0v) is 16.5. The molecule has 0 saturated carbocycles. The van der Waals surface area contributed by atoms with Crippen molar-refractivity contribution in [3.63, 3.8) is 0 Å². The number of anilines is 1. The quantitative estimate of drug-likeness (QED) is 0.419. The van der Waals surface area contributed by atoms with Gasteiger partial charge in [-0.2, -0.15) is 0 Å². The summed E-state index contributed by atoms with van der Waals surface area (Å²) in [7, 11) is 1.68. The average molecular weight is 407 g/mol. The highest BCUT2D eigenvalue weighted by Gasteiger charge is 2.23. The fourth-order valence-electron chi connectivity index (χ4n) is 3.42. The predicted octanol–water partition coefficient (Wildman–Crippen LogP) is 4.57. The fraction of sp³-hybridized carbons (Fsp3) is 0.143. The second-order valence-electron chi connectivity index (χ2n) is 6.53. The number of halogens is 1. The smallest absolute Gasteiger partial charge is 0.194 e. The molecule has 0 bridgehead atoms. The second-order valence-corrected chi connectivity index (χ2v) is 7.40. The SMILES string of the molecule is COCCNc1c(-c2c(-c3ccc(F)cc3)nc3sccn23)nc2ccccn12. The number of thiazole rings is 1. The summed E-state index contributed by atoms with van der Waals surface area (Å²) in [5.74, 6) is 0.597. The van der Waals surface area contributed by atoms with Crippen molar-refractivity contribution in [1.82, 2.24) is 18.8 Å². The van der Waals surface area contributed by atoms with E-state index in [2.05, 4.69) is 5.32 Å². The molecule has 6 nitrogen and oxygen atoms in total. The number of benzene rings is 1. The molecule has 0 saturated heterocycles. The summed E-state index contributed by atoms with van der Waals surface area (Å²) in [5.41, 5.74) is 4.11. The molecule has 0 radical (unpaired) electrons. The van der Waals surface area contributed by atoms with Crippen LogP contribution in [0.5, 0.6) is 0 Å². The zero-order chi connectivity index (χ0) is 19.8. The molecule has 4 aromatic heterocycles. The van der Waals surface area contributed by atoms with Crippen LogP contribution < -0.4 is 5.32 Å². The van der Waals surface area contributed by atoms with E-state index in [-0.39, 0.29) is 5.82 Å². The van der Waals surface area contributed by atoms with Crippen LogP contribution >= 0.6 is 11.3 Å². The number of nitrogens with zero attached hydrogens (tertiary/aromatic N) is 4. The number of rotatable bonds is 6. The molecule has 0 aliphatic heterocycles. The highest BCUT2D eigenvalue weighted by Crippen LogP contribution is 2.37. The number of nitrogens with one attached hydrogen (secondary N) is 1. The molecular formula is C21H18FN5OS. The van der Waals surface area contributed by atoms with Crippen LogP contribution in [0, 0.1) is 5.82 Å². The van der Waals surface area contributed by atoms with Gasteiger partial charge in [0.1, 0.15) is 28.7 Å². The summed E-state index contributed by atoms with van der Waals surface area (Å²) in [6.07, 6.45) is 3.96. The van der Waals surface area contributed by atoms with Gasteiger partial charge in [-0.3, -0.25) is 8.80 Å². The first-order valence-electron chi connectivity index (χ1n) is 9.18. The Hall–Kier alpha value is -3.23. The number of hydrogen-bond acceptors (Lipinski definition) is 5. The van der Waals surface area contributed by atoms with Gasteiger partial charge in [-0.1, -0.05) is 6.07 Å². The van der Waals surface area contributed by atoms with Crippen molar-refractivity contribution in [2.45, 2.75) is 0 Å². The summed E-state index contributed by atoms with van der Waals surface area (Å²) < 4.78 is 22.7. The summed E-state index contributed by atoms with van der Waals surface area (Å²) >= 11 is 1.55. The molecule has 1 aromatic carbocycles. The summed E-state index contributed by atoms with van der Waals surface area (Å²) in [5, 5.41) is 5.44. The van der Waals surface area contributed by atoms with Crippen molar-refractivity contribution >= 4 is 27.8 Å². The van der Waals surface area contributed by atoms with Crippen molar-refractivity contribution in [3.05, 3.63) is 66.1 Å². The van der Waals surface area contributed by atoms with E-state index in [1.54, 1.807) is 30.6 Å². The van der Waals surface area contributed by atoms with Gasteiger partial charge in [-0.25, -0.2) is 14.4 Å². The molecule has 0 atom stereocenters. The maximum Gasteiger partial charge on any atom is 0.194 e. The second kappa shape index (κ2) is 7.31. The number of pyridine rings is 1. The Bertz CT molecular complexity index is 1290. The standard InChI is InChI=1S/C21H18FN5OS/c1-28-12-9-23-20-18(24-16-4-2-3-10-26(16)20)19-17(14-5-7-15(22)8-6-14)25-21-27(19)11-13-29-21/h2-8,10-11,13,23H,9,12H2,1H3. The lowest BCUT2D eigenvalue weighted by Gasteiger charge is -2.09. The molecule has 4 heterocycles. The molecule has 0 fully saturated rings. The van der Waals surface area contributed by atoms with Crippen LogP contribution in [0.4, 0.5) is 10.2 Å². The van der Waals surface area contributed by atoms with Crippen molar-refractivity contribution in [3.8, 4) is 22.6 Å². The topological polar surface area (TPSA) is 55.9 Å². The minimum atomic E-state index is -0.272.